The molecular weight excluding hydrogens is 300 g/mol. The van der Waals surface area contributed by atoms with Crippen molar-refractivity contribution in [3.63, 3.8) is 0 Å². The summed E-state index contributed by atoms with van der Waals surface area (Å²) in [5.74, 6) is 1.80. The number of benzene rings is 1. The summed E-state index contributed by atoms with van der Waals surface area (Å²) in [6, 6.07) is 10.3. The summed E-state index contributed by atoms with van der Waals surface area (Å²) >= 11 is 0. The van der Waals surface area contributed by atoms with Gasteiger partial charge in [-0.3, -0.25) is 0 Å². The summed E-state index contributed by atoms with van der Waals surface area (Å²) in [6.45, 7) is 5.75. The molecular formula is C19H22N4O. The predicted octanol–water partition coefficient (Wildman–Crippen LogP) is 3.18. The standard InChI is InChI=1S/C19H22N4O/c1-14-9-17(10-15(2)19(14)24-3)13-20-12-16-5-7-21-18(11-16)23-8-4-6-22-23/h4-11,20H,12-13H2,1-3H3. The Morgan fingerprint density at radius 3 is 2.46 bits per heavy atom. The Morgan fingerprint density at radius 1 is 1.04 bits per heavy atom. The summed E-state index contributed by atoms with van der Waals surface area (Å²) in [4.78, 5) is 4.35. The number of aryl methyl sites for hydroxylation is 2. The van der Waals surface area contributed by atoms with Crippen LogP contribution in [0.15, 0.2) is 48.9 Å². The number of hydrogen-bond acceptors (Lipinski definition) is 4. The van der Waals surface area contributed by atoms with Crippen molar-refractivity contribution in [3.8, 4) is 11.6 Å². The van der Waals surface area contributed by atoms with Gasteiger partial charge in [0.05, 0.1) is 7.11 Å². The van der Waals surface area contributed by atoms with Crippen LogP contribution in [-0.2, 0) is 13.1 Å². The minimum Gasteiger partial charge on any atom is -0.496 e. The van der Waals surface area contributed by atoms with Gasteiger partial charge in [0.2, 0.25) is 0 Å². The second kappa shape index (κ2) is 7.27. The molecule has 3 aromatic rings. The maximum atomic E-state index is 5.42. The van der Waals surface area contributed by atoms with Gasteiger partial charge in [-0.05, 0) is 54.3 Å². The smallest absolute Gasteiger partial charge is 0.153 e. The molecule has 1 N–H and O–H groups in total. The third-order valence-electron chi connectivity index (χ3n) is 3.93. The van der Waals surface area contributed by atoms with Crippen LogP contribution in [-0.4, -0.2) is 21.9 Å². The van der Waals surface area contributed by atoms with E-state index in [4.69, 9.17) is 4.74 Å². The van der Waals surface area contributed by atoms with Gasteiger partial charge in [-0.25, -0.2) is 9.67 Å². The zero-order valence-corrected chi connectivity index (χ0v) is 14.3. The Hall–Kier alpha value is -2.66. The predicted molar refractivity (Wildman–Crippen MR) is 94.4 cm³/mol. The van der Waals surface area contributed by atoms with Crippen molar-refractivity contribution in [2.24, 2.45) is 0 Å². The van der Waals surface area contributed by atoms with Crippen molar-refractivity contribution in [3.05, 3.63) is 71.2 Å². The summed E-state index contributed by atoms with van der Waals surface area (Å²) in [7, 11) is 1.72. The molecule has 3 rings (SSSR count). The maximum absolute atomic E-state index is 5.42. The zero-order chi connectivity index (χ0) is 16.9. The number of hydrogen-bond donors (Lipinski definition) is 1. The fourth-order valence-corrected chi connectivity index (χ4v) is 2.92. The van der Waals surface area contributed by atoms with Crippen LogP contribution in [0, 0.1) is 13.8 Å². The average Bonchev–Trinajstić information content (AvgIpc) is 3.09. The SMILES string of the molecule is COc1c(C)cc(CNCc2ccnc(-n3cccn3)c2)cc1C. The highest BCUT2D eigenvalue weighted by atomic mass is 16.5. The van der Waals surface area contributed by atoms with Crippen molar-refractivity contribution in [1.82, 2.24) is 20.1 Å². The Kier molecular flexibility index (Phi) is 4.91. The molecule has 0 saturated carbocycles. The fourth-order valence-electron chi connectivity index (χ4n) is 2.92. The lowest BCUT2D eigenvalue weighted by atomic mass is 10.1. The monoisotopic (exact) mass is 322 g/mol. The molecule has 0 radical (unpaired) electrons. The Balaban J connectivity index is 1.64. The van der Waals surface area contributed by atoms with Gasteiger partial charge in [0.1, 0.15) is 5.75 Å². The van der Waals surface area contributed by atoms with Crippen molar-refractivity contribution < 1.29 is 4.74 Å². The molecule has 0 aliphatic rings. The van der Waals surface area contributed by atoms with E-state index >= 15 is 0 Å². The molecule has 1 aromatic carbocycles. The first-order chi connectivity index (χ1) is 11.7. The van der Waals surface area contributed by atoms with Crippen LogP contribution in [0.4, 0.5) is 0 Å². The molecule has 0 aliphatic heterocycles. The van der Waals surface area contributed by atoms with Gasteiger partial charge in [-0.2, -0.15) is 5.10 Å². The number of pyridine rings is 1. The molecule has 0 bridgehead atoms. The highest BCUT2D eigenvalue weighted by molar-refractivity contribution is 5.43. The quantitative estimate of drug-likeness (QED) is 0.757. The van der Waals surface area contributed by atoms with E-state index in [0.717, 1.165) is 24.7 Å². The molecule has 0 saturated heterocycles. The third kappa shape index (κ3) is 3.63. The van der Waals surface area contributed by atoms with Crippen LogP contribution in [0.5, 0.6) is 5.75 Å². The first-order valence-electron chi connectivity index (χ1n) is 7.97. The largest absolute Gasteiger partial charge is 0.496 e. The lowest BCUT2D eigenvalue weighted by Gasteiger charge is -2.12. The van der Waals surface area contributed by atoms with Crippen LogP contribution >= 0.6 is 0 Å². The van der Waals surface area contributed by atoms with Crippen LogP contribution in [0.25, 0.3) is 5.82 Å². The topological polar surface area (TPSA) is 52.0 Å². The molecule has 0 unspecified atom stereocenters. The zero-order valence-electron chi connectivity index (χ0n) is 14.3. The molecule has 2 heterocycles. The number of aromatic nitrogens is 3. The Labute approximate surface area is 142 Å². The number of nitrogens with one attached hydrogen (secondary N) is 1. The van der Waals surface area contributed by atoms with Gasteiger partial charge in [-0.15, -0.1) is 0 Å². The summed E-state index contributed by atoms with van der Waals surface area (Å²) in [6.07, 6.45) is 5.46. The van der Waals surface area contributed by atoms with Crippen LogP contribution < -0.4 is 10.1 Å². The van der Waals surface area contributed by atoms with Crippen molar-refractivity contribution in [2.45, 2.75) is 26.9 Å². The first kappa shape index (κ1) is 16.2. The summed E-state index contributed by atoms with van der Waals surface area (Å²) in [5.41, 5.74) is 4.77. The Bertz CT molecular complexity index is 789. The summed E-state index contributed by atoms with van der Waals surface area (Å²) in [5, 5.41) is 7.70. The highest BCUT2D eigenvalue weighted by Crippen LogP contribution is 2.24. The van der Waals surface area contributed by atoms with E-state index in [1.807, 2.05) is 30.6 Å². The molecule has 124 valence electrons. The minimum absolute atomic E-state index is 0.779. The van der Waals surface area contributed by atoms with E-state index < -0.39 is 0 Å². The van der Waals surface area contributed by atoms with Gasteiger partial charge in [0.25, 0.3) is 0 Å². The summed E-state index contributed by atoms with van der Waals surface area (Å²) < 4.78 is 7.18. The van der Waals surface area contributed by atoms with Crippen molar-refractivity contribution in [1.29, 1.82) is 0 Å². The van der Waals surface area contributed by atoms with E-state index in [-0.39, 0.29) is 0 Å². The van der Waals surface area contributed by atoms with Gasteiger partial charge < -0.3 is 10.1 Å². The van der Waals surface area contributed by atoms with Gasteiger partial charge in [0.15, 0.2) is 5.82 Å². The van der Waals surface area contributed by atoms with Crippen LogP contribution in [0.3, 0.4) is 0 Å². The van der Waals surface area contributed by atoms with Gasteiger partial charge in [0, 0.05) is 31.7 Å². The normalized spacial score (nSPS) is 10.8. The van der Waals surface area contributed by atoms with Crippen LogP contribution in [0.1, 0.15) is 22.3 Å². The number of ether oxygens (including phenoxy) is 1. The lowest BCUT2D eigenvalue weighted by molar-refractivity contribution is 0.408. The number of rotatable bonds is 6. The number of nitrogens with zero attached hydrogens (tertiary/aromatic N) is 3. The molecule has 24 heavy (non-hydrogen) atoms. The molecule has 0 fully saturated rings. The first-order valence-corrected chi connectivity index (χ1v) is 7.97. The molecule has 0 atom stereocenters. The van der Waals surface area contributed by atoms with Crippen molar-refractivity contribution in [2.75, 3.05) is 7.11 Å². The van der Waals surface area contributed by atoms with E-state index in [1.165, 1.54) is 22.3 Å². The van der Waals surface area contributed by atoms with Gasteiger partial charge >= 0.3 is 0 Å². The maximum Gasteiger partial charge on any atom is 0.153 e. The third-order valence-corrected chi connectivity index (χ3v) is 3.93. The van der Waals surface area contributed by atoms with Crippen molar-refractivity contribution >= 4 is 0 Å². The van der Waals surface area contributed by atoms with Crippen LogP contribution in [0.2, 0.25) is 0 Å². The molecule has 2 aromatic heterocycles. The minimum atomic E-state index is 0.779. The van der Waals surface area contributed by atoms with E-state index in [9.17, 15) is 0 Å². The highest BCUT2D eigenvalue weighted by Gasteiger charge is 2.05. The number of methoxy groups -OCH3 is 1. The lowest BCUT2D eigenvalue weighted by Crippen LogP contribution is -2.13. The molecule has 5 heteroatoms. The van der Waals surface area contributed by atoms with E-state index in [0.29, 0.717) is 0 Å². The average molecular weight is 322 g/mol. The van der Waals surface area contributed by atoms with Gasteiger partial charge in [-0.1, -0.05) is 12.1 Å². The fraction of sp³-hybridized carbons (Fsp3) is 0.263. The molecule has 5 nitrogen and oxygen atoms in total. The molecule has 0 aliphatic carbocycles. The Morgan fingerprint density at radius 2 is 1.79 bits per heavy atom. The molecule has 0 amide bonds. The molecule has 0 spiro atoms. The van der Waals surface area contributed by atoms with E-state index in [1.54, 1.807) is 18.0 Å². The second-order valence-electron chi connectivity index (χ2n) is 5.84. The van der Waals surface area contributed by atoms with E-state index in [2.05, 4.69) is 41.4 Å². The second-order valence-corrected chi connectivity index (χ2v) is 5.84.